The minimum Gasteiger partial charge on any atom is -0.342 e. The smallest absolute Gasteiger partial charge is 0.296 e. The van der Waals surface area contributed by atoms with Crippen molar-refractivity contribution >= 4 is 50.8 Å². The highest BCUT2D eigenvalue weighted by atomic mass is 35.5. The van der Waals surface area contributed by atoms with Crippen molar-refractivity contribution in [2.24, 2.45) is 0 Å². The second-order valence-corrected chi connectivity index (χ2v) is 7.93. The number of fused-ring (bicyclic) bond motifs is 2. The Labute approximate surface area is 192 Å². The number of benzene rings is 3. The van der Waals surface area contributed by atoms with Gasteiger partial charge in [-0.2, -0.15) is 0 Å². The zero-order chi connectivity index (χ0) is 22.9. The van der Waals surface area contributed by atoms with Crippen LogP contribution in [0.1, 0.15) is 15.9 Å². The molecule has 2 aromatic heterocycles. The number of rotatable bonds is 5. The first-order valence-electron chi connectivity index (χ1n) is 10.2. The molecule has 0 fully saturated rings. The van der Waals surface area contributed by atoms with E-state index in [1.807, 2.05) is 47.0 Å². The van der Waals surface area contributed by atoms with E-state index in [0.29, 0.717) is 33.5 Å². The molecule has 0 saturated carbocycles. The van der Waals surface area contributed by atoms with Gasteiger partial charge in [0.25, 0.3) is 17.2 Å². The fourth-order valence-corrected chi connectivity index (χ4v) is 4.02. The zero-order valence-electron chi connectivity index (χ0n) is 17.2. The summed E-state index contributed by atoms with van der Waals surface area (Å²) in [5, 5.41) is 4.21. The van der Waals surface area contributed by atoms with Gasteiger partial charge in [-0.3, -0.25) is 14.4 Å². The molecule has 0 radical (unpaired) electrons. The Morgan fingerprint density at radius 3 is 2.64 bits per heavy atom. The lowest BCUT2D eigenvalue weighted by Gasteiger charge is -2.07. The molecule has 2 heterocycles. The van der Waals surface area contributed by atoms with Crippen molar-refractivity contribution in [2.45, 2.75) is 6.54 Å². The monoisotopic (exact) mass is 456 g/mol. The molecule has 3 aromatic carbocycles. The summed E-state index contributed by atoms with van der Waals surface area (Å²) in [6.07, 6.45) is 2.98. The summed E-state index contributed by atoms with van der Waals surface area (Å²) >= 11 is 6.31. The molecule has 0 atom stereocenters. The van der Waals surface area contributed by atoms with Gasteiger partial charge in [-0.1, -0.05) is 48.0 Å². The van der Waals surface area contributed by atoms with Gasteiger partial charge in [-0.15, -0.1) is 0 Å². The molecule has 0 unspecified atom stereocenters. The molecule has 0 saturated heterocycles. The van der Waals surface area contributed by atoms with Gasteiger partial charge in [0.15, 0.2) is 0 Å². The number of anilines is 1. The van der Waals surface area contributed by atoms with Gasteiger partial charge in [0.2, 0.25) is 0 Å². The first-order chi connectivity index (χ1) is 16.0. The van der Waals surface area contributed by atoms with E-state index in [1.54, 1.807) is 24.4 Å². The quantitative estimate of drug-likeness (QED) is 0.302. The number of nitrogens with zero attached hydrogens (tertiary/aromatic N) is 2. The number of ketones is 1. The van der Waals surface area contributed by atoms with Crippen LogP contribution in [0.25, 0.3) is 21.8 Å². The number of amides is 1. The summed E-state index contributed by atoms with van der Waals surface area (Å²) < 4.78 is 1.90. The molecule has 2 N–H and O–H groups in total. The second-order valence-electron chi connectivity index (χ2n) is 7.53. The number of nitrogens with one attached hydrogen (secondary N) is 2. The molecule has 0 aliphatic carbocycles. The van der Waals surface area contributed by atoms with E-state index < -0.39 is 11.7 Å². The number of hydrogen-bond acceptors (Lipinski definition) is 4. The number of aromatic amines is 1. The van der Waals surface area contributed by atoms with Crippen molar-refractivity contribution in [3.8, 4) is 0 Å². The molecule has 5 rings (SSSR count). The van der Waals surface area contributed by atoms with Crippen molar-refractivity contribution in [2.75, 3.05) is 5.32 Å². The molecule has 33 heavy (non-hydrogen) atoms. The molecule has 5 aromatic rings. The van der Waals surface area contributed by atoms with Gasteiger partial charge in [0.1, 0.15) is 0 Å². The Morgan fingerprint density at radius 2 is 1.79 bits per heavy atom. The molecular formula is C25H17ClN4O3. The molecule has 0 bridgehead atoms. The van der Waals surface area contributed by atoms with Gasteiger partial charge in [-0.05, 0) is 35.9 Å². The summed E-state index contributed by atoms with van der Waals surface area (Å²) in [4.78, 5) is 44.5. The van der Waals surface area contributed by atoms with Gasteiger partial charge in [0.05, 0.1) is 22.8 Å². The van der Waals surface area contributed by atoms with Crippen LogP contribution in [-0.2, 0) is 11.3 Å². The molecule has 1 amide bonds. The number of para-hydroxylation sites is 1. The number of aromatic nitrogens is 3. The Morgan fingerprint density at radius 1 is 1.00 bits per heavy atom. The van der Waals surface area contributed by atoms with Crippen LogP contribution in [0.5, 0.6) is 0 Å². The van der Waals surface area contributed by atoms with E-state index >= 15 is 0 Å². The molecule has 0 spiro atoms. The molecular weight excluding hydrogens is 440 g/mol. The Kier molecular flexibility index (Phi) is 5.24. The van der Waals surface area contributed by atoms with Crippen LogP contribution in [0.15, 0.2) is 84.0 Å². The maximum Gasteiger partial charge on any atom is 0.296 e. The summed E-state index contributed by atoms with van der Waals surface area (Å²) in [5.41, 5.74) is 2.50. The van der Waals surface area contributed by atoms with Crippen LogP contribution in [0, 0.1) is 0 Å². The van der Waals surface area contributed by atoms with E-state index in [2.05, 4.69) is 15.3 Å². The van der Waals surface area contributed by atoms with Gasteiger partial charge in [-0.25, -0.2) is 4.98 Å². The van der Waals surface area contributed by atoms with Gasteiger partial charge < -0.3 is 14.9 Å². The summed E-state index contributed by atoms with van der Waals surface area (Å²) in [6.45, 7) is 0.454. The van der Waals surface area contributed by atoms with Crippen molar-refractivity contribution < 1.29 is 9.59 Å². The predicted molar refractivity (Wildman–Crippen MR) is 128 cm³/mol. The molecule has 0 aliphatic rings. The normalized spacial score (nSPS) is 11.1. The zero-order valence-corrected chi connectivity index (χ0v) is 18.0. The Hall–Kier alpha value is -4.23. The standard InChI is InChI=1S/C25H17ClN4O3/c26-20-7-3-1-5-15(20)12-30-13-19(17-6-2-4-8-22(17)30)23(31)25(33)29-16-9-10-21-18(11-16)24(32)28-14-27-21/h1-11,13-14H,12H2,(H,29,33)(H,27,28,32). The summed E-state index contributed by atoms with van der Waals surface area (Å²) in [7, 11) is 0. The largest absolute Gasteiger partial charge is 0.342 e. The van der Waals surface area contributed by atoms with Crippen molar-refractivity contribution in [1.82, 2.24) is 14.5 Å². The summed E-state index contributed by atoms with van der Waals surface area (Å²) in [5.74, 6) is -1.47. The Bertz CT molecular complexity index is 1600. The van der Waals surface area contributed by atoms with E-state index in [1.165, 1.54) is 12.4 Å². The van der Waals surface area contributed by atoms with Gasteiger partial charge in [0, 0.05) is 34.4 Å². The minimum absolute atomic E-state index is 0.287. The topological polar surface area (TPSA) is 96.8 Å². The number of carbonyl (C=O) groups excluding carboxylic acids is 2. The highest BCUT2D eigenvalue weighted by Gasteiger charge is 2.22. The number of hydrogen-bond donors (Lipinski definition) is 2. The highest BCUT2D eigenvalue weighted by Crippen LogP contribution is 2.25. The van der Waals surface area contributed by atoms with Crippen molar-refractivity contribution in [3.63, 3.8) is 0 Å². The number of carbonyl (C=O) groups is 2. The van der Waals surface area contributed by atoms with E-state index in [9.17, 15) is 14.4 Å². The van der Waals surface area contributed by atoms with Crippen LogP contribution in [0.4, 0.5) is 5.69 Å². The fourth-order valence-electron chi connectivity index (χ4n) is 3.83. The Balaban J connectivity index is 1.47. The van der Waals surface area contributed by atoms with Crippen LogP contribution < -0.4 is 10.9 Å². The maximum absolute atomic E-state index is 13.1. The van der Waals surface area contributed by atoms with Gasteiger partial charge >= 0.3 is 0 Å². The lowest BCUT2D eigenvalue weighted by Crippen LogP contribution is -2.23. The van der Waals surface area contributed by atoms with Crippen LogP contribution >= 0.6 is 11.6 Å². The molecule has 8 heteroatoms. The third-order valence-corrected chi connectivity index (χ3v) is 5.81. The van der Waals surface area contributed by atoms with Crippen LogP contribution in [-0.4, -0.2) is 26.2 Å². The third kappa shape index (κ3) is 3.90. The lowest BCUT2D eigenvalue weighted by molar-refractivity contribution is -0.112. The average molecular weight is 457 g/mol. The first kappa shape index (κ1) is 20.7. The van der Waals surface area contributed by atoms with Crippen LogP contribution in [0.2, 0.25) is 5.02 Å². The molecule has 0 aliphatic heterocycles. The van der Waals surface area contributed by atoms with Crippen molar-refractivity contribution in [1.29, 1.82) is 0 Å². The number of Topliss-reactive ketones (excluding diaryl/α,β-unsaturated/α-hetero) is 1. The minimum atomic E-state index is -0.796. The maximum atomic E-state index is 13.1. The van der Waals surface area contributed by atoms with Crippen molar-refractivity contribution in [3.05, 3.63) is 106 Å². The van der Waals surface area contributed by atoms with E-state index in [4.69, 9.17) is 11.6 Å². The lowest BCUT2D eigenvalue weighted by atomic mass is 10.1. The SMILES string of the molecule is O=C(Nc1ccc2nc[nH]c(=O)c2c1)C(=O)c1cn(Cc2ccccc2Cl)c2ccccc12. The molecule has 7 nitrogen and oxygen atoms in total. The third-order valence-electron chi connectivity index (χ3n) is 5.44. The molecule has 162 valence electrons. The van der Waals surface area contributed by atoms with E-state index in [0.717, 1.165) is 11.1 Å². The van der Waals surface area contributed by atoms with E-state index in [-0.39, 0.29) is 11.1 Å². The summed E-state index contributed by atoms with van der Waals surface area (Å²) in [6, 6.07) is 19.6. The number of halogens is 1. The highest BCUT2D eigenvalue weighted by molar-refractivity contribution is 6.48. The second kappa shape index (κ2) is 8.37. The predicted octanol–water partition coefficient (Wildman–Crippen LogP) is 4.40. The average Bonchev–Trinajstić information content (AvgIpc) is 3.19. The van der Waals surface area contributed by atoms with Crippen LogP contribution in [0.3, 0.4) is 0 Å². The number of H-pyrrole nitrogens is 1. The first-order valence-corrected chi connectivity index (χ1v) is 10.5. The fraction of sp³-hybridized carbons (Fsp3) is 0.0400.